The Labute approximate surface area is 87.8 Å². The fourth-order valence-electron chi connectivity index (χ4n) is 1.45. The predicted octanol–water partition coefficient (Wildman–Crippen LogP) is 1.39. The molecule has 2 heterocycles. The maximum atomic E-state index is 11.4. The van der Waals surface area contributed by atoms with Crippen molar-refractivity contribution >= 4 is 0 Å². The summed E-state index contributed by atoms with van der Waals surface area (Å²) in [7, 11) is 0. The minimum absolute atomic E-state index is 0.583. The van der Waals surface area contributed by atoms with Gasteiger partial charge in [0.25, 0.3) is 0 Å². The summed E-state index contributed by atoms with van der Waals surface area (Å²) < 4.78 is 0.832. The lowest BCUT2D eigenvalue weighted by atomic mass is 10.1. The molecule has 0 aliphatic carbocycles. The van der Waals surface area contributed by atoms with Crippen LogP contribution in [0.4, 0.5) is 0 Å². The highest BCUT2D eigenvalue weighted by atomic mass is 16.5. The van der Waals surface area contributed by atoms with E-state index in [9.17, 15) is 5.21 Å². The summed E-state index contributed by atoms with van der Waals surface area (Å²) in [5.74, 6) is 0.583. The Balaban J connectivity index is 2.59. The van der Waals surface area contributed by atoms with Crippen LogP contribution in [0, 0.1) is 19.1 Å². The lowest BCUT2D eigenvalue weighted by Gasteiger charge is -2.06. The maximum Gasteiger partial charge on any atom is 0.191 e. The monoisotopic (exact) mass is 201 g/mol. The van der Waals surface area contributed by atoms with Crippen molar-refractivity contribution in [3.05, 3.63) is 47.2 Å². The summed E-state index contributed by atoms with van der Waals surface area (Å²) in [4.78, 5) is 8.23. The van der Waals surface area contributed by atoms with E-state index in [-0.39, 0.29) is 0 Å². The topological polar surface area (TPSA) is 52.7 Å². The number of aromatic nitrogens is 3. The van der Waals surface area contributed by atoms with Crippen LogP contribution in [0.2, 0.25) is 0 Å². The van der Waals surface area contributed by atoms with Gasteiger partial charge in [-0.1, -0.05) is 0 Å². The van der Waals surface area contributed by atoms with Crippen LogP contribution in [0.1, 0.15) is 11.3 Å². The van der Waals surface area contributed by atoms with Gasteiger partial charge in [0.2, 0.25) is 0 Å². The number of hydrogen-bond donors (Lipinski definition) is 0. The minimum Gasteiger partial charge on any atom is -0.618 e. The number of aryl methyl sites for hydroxylation is 2. The molecule has 0 bridgehead atoms. The highest BCUT2D eigenvalue weighted by molar-refractivity contribution is 5.57. The Morgan fingerprint density at radius 2 is 1.87 bits per heavy atom. The van der Waals surface area contributed by atoms with Crippen LogP contribution >= 0.6 is 0 Å². The van der Waals surface area contributed by atoms with Gasteiger partial charge in [-0.3, -0.25) is 0 Å². The first-order chi connectivity index (χ1) is 7.18. The van der Waals surface area contributed by atoms with E-state index in [2.05, 4.69) is 9.97 Å². The molecule has 4 heteroatoms. The lowest BCUT2D eigenvalue weighted by molar-refractivity contribution is -0.611. The van der Waals surface area contributed by atoms with Gasteiger partial charge in [-0.05, 0) is 18.6 Å². The summed E-state index contributed by atoms with van der Waals surface area (Å²) in [6.07, 6.45) is 4.84. The Bertz CT molecular complexity index is 483. The van der Waals surface area contributed by atoms with Gasteiger partial charge in [-0.2, -0.15) is 4.73 Å². The van der Waals surface area contributed by atoms with Gasteiger partial charge in [-0.25, -0.2) is 9.97 Å². The Kier molecular flexibility index (Phi) is 2.33. The zero-order chi connectivity index (χ0) is 10.8. The van der Waals surface area contributed by atoms with Gasteiger partial charge in [0.05, 0.1) is 5.56 Å². The molecule has 0 unspecified atom stereocenters. The number of pyridine rings is 1. The molecule has 0 radical (unpaired) electrons. The van der Waals surface area contributed by atoms with E-state index in [1.165, 1.54) is 6.20 Å². The number of rotatable bonds is 1. The van der Waals surface area contributed by atoms with Crippen molar-refractivity contribution in [1.82, 2.24) is 9.97 Å². The van der Waals surface area contributed by atoms with E-state index in [1.807, 2.05) is 13.0 Å². The van der Waals surface area contributed by atoms with Crippen LogP contribution in [-0.2, 0) is 0 Å². The van der Waals surface area contributed by atoms with Gasteiger partial charge >= 0.3 is 0 Å². The fourth-order valence-corrected chi connectivity index (χ4v) is 1.45. The lowest BCUT2D eigenvalue weighted by Crippen LogP contribution is -2.29. The van der Waals surface area contributed by atoms with Gasteiger partial charge < -0.3 is 5.21 Å². The molecule has 2 rings (SSSR count). The fraction of sp³-hybridized carbons (Fsp3) is 0.182. The van der Waals surface area contributed by atoms with Crippen molar-refractivity contribution in [2.24, 2.45) is 0 Å². The second-order valence-electron chi connectivity index (χ2n) is 3.41. The van der Waals surface area contributed by atoms with Crippen LogP contribution in [0.3, 0.4) is 0 Å². The average molecular weight is 201 g/mol. The van der Waals surface area contributed by atoms with Crippen molar-refractivity contribution in [2.75, 3.05) is 0 Å². The third-order valence-corrected chi connectivity index (χ3v) is 2.25. The molecule has 0 amide bonds. The van der Waals surface area contributed by atoms with E-state index in [0.717, 1.165) is 15.9 Å². The normalized spacial score (nSPS) is 10.3. The standard InChI is InChI=1S/C11H11N3O/c1-8-6-9(2)14(15)7-10(8)11-12-4-3-5-13-11/h3-7H,1-2H3. The molecule has 76 valence electrons. The third kappa shape index (κ3) is 1.79. The molecule has 15 heavy (non-hydrogen) atoms. The van der Waals surface area contributed by atoms with Gasteiger partial charge in [0.15, 0.2) is 17.7 Å². The van der Waals surface area contributed by atoms with Crippen LogP contribution in [0.5, 0.6) is 0 Å². The van der Waals surface area contributed by atoms with E-state index in [0.29, 0.717) is 11.5 Å². The predicted molar refractivity (Wildman–Crippen MR) is 55.9 cm³/mol. The van der Waals surface area contributed by atoms with Crippen LogP contribution in [0.15, 0.2) is 30.7 Å². The molecule has 2 aromatic heterocycles. The molecule has 0 spiro atoms. The van der Waals surface area contributed by atoms with E-state index < -0.39 is 0 Å². The van der Waals surface area contributed by atoms with Gasteiger partial charge in [-0.15, -0.1) is 0 Å². The van der Waals surface area contributed by atoms with Crippen molar-refractivity contribution in [3.63, 3.8) is 0 Å². The maximum absolute atomic E-state index is 11.4. The smallest absolute Gasteiger partial charge is 0.191 e. The molecular formula is C11H11N3O. The molecule has 0 fully saturated rings. The van der Waals surface area contributed by atoms with E-state index in [4.69, 9.17) is 0 Å². The first-order valence-electron chi connectivity index (χ1n) is 4.66. The zero-order valence-corrected chi connectivity index (χ0v) is 8.64. The van der Waals surface area contributed by atoms with E-state index >= 15 is 0 Å². The molecule has 2 aromatic rings. The van der Waals surface area contributed by atoms with Crippen molar-refractivity contribution < 1.29 is 4.73 Å². The quantitative estimate of drug-likeness (QED) is 0.517. The highest BCUT2D eigenvalue weighted by Gasteiger charge is 2.10. The Morgan fingerprint density at radius 1 is 1.20 bits per heavy atom. The van der Waals surface area contributed by atoms with Crippen molar-refractivity contribution in [3.8, 4) is 11.4 Å². The molecule has 0 atom stereocenters. The minimum atomic E-state index is 0.583. The molecule has 4 nitrogen and oxygen atoms in total. The summed E-state index contributed by atoms with van der Waals surface area (Å²) in [5, 5.41) is 11.4. The first-order valence-corrected chi connectivity index (χ1v) is 4.66. The summed E-state index contributed by atoms with van der Waals surface area (Å²) >= 11 is 0. The number of nitrogens with zero attached hydrogens (tertiary/aromatic N) is 3. The second kappa shape index (κ2) is 3.65. The Morgan fingerprint density at radius 3 is 2.53 bits per heavy atom. The van der Waals surface area contributed by atoms with Gasteiger partial charge in [0, 0.05) is 25.4 Å². The van der Waals surface area contributed by atoms with Crippen LogP contribution in [0.25, 0.3) is 11.4 Å². The molecule has 0 saturated carbocycles. The zero-order valence-electron chi connectivity index (χ0n) is 8.64. The highest BCUT2D eigenvalue weighted by Crippen LogP contribution is 2.17. The SMILES string of the molecule is Cc1cc(C)[n+]([O-])cc1-c1ncccn1. The third-order valence-electron chi connectivity index (χ3n) is 2.25. The van der Waals surface area contributed by atoms with Crippen molar-refractivity contribution in [1.29, 1.82) is 0 Å². The first kappa shape index (κ1) is 9.58. The summed E-state index contributed by atoms with van der Waals surface area (Å²) in [6, 6.07) is 3.58. The van der Waals surface area contributed by atoms with E-state index in [1.54, 1.807) is 25.4 Å². The largest absolute Gasteiger partial charge is 0.618 e. The second-order valence-corrected chi connectivity index (χ2v) is 3.41. The molecular weight excluding hydrogens is 190 g/mol. The van der Waals surface area contributed by atoms with Crippen molar-refractivity contribution in [2.45, 2.75) is 13.8 Å². The van der Waals surface area contributed by atoms with Crippen LogP contribution in [-0.4, -0.2) is 9.97 Å². The summed E-state index contributed by atoms with van der Waals surface area (Å²) in [5.41, 5.74) is 2.45. The Hall–Kier alpha value is -1.97. The summed E-state index contributed by atoms with van der Waals surface area (Å²) in [6.45, 7) is 3.72. The number of hydrogen-bond acceptors (Lipinski definition) is 3. The average Bonchev–Trinajstić information content (AvgIpc) is 2.25. The van der Waals surface area contributed by atoms with Gasteiger partial charge in [0.1, 0.15) is 0 Å². The molecule has 0 aliphatic rings. The molecule has 0 aliphatic heterocycles. The van der Waals surface area contributed by atoms with Crippen LogP contribution < -0.4 is 4.73 Å². The molecule has 0 saturated heterocycles. The molecule has 0 N–H and O–H groups in total. The molecule has 0 aromatic carbocycles.